The summed E-state index contributed by atoms with van der Waals surface area (Å²) in [4.78, 5) is 25.6. The number of hydrogen-bond acceptors (Lipinski definition) is 6. The predicted molar refractivity (Wildman–Crippen MR) is 119 cm³/mol. The van der Waals surface area contributed by atoms with Crippen LogP contribution >= 0.6 is 0 Å². The van der Waals surface area contributed by atoms with E-state index in [2.05, 4.69) is 0 Å². The molecule has 31 heavy (non-hydrogen) atoms. The lowest BCUT2D eigenvalue weighted by molar-refractivity contribution is 0.0941. The van der Waals surface area contributed by atoms with Crippen LogP contribution in [0.5, 0.6) is 11.5 Å². The second kappa shape index (κ2) is 7.71. The number of aromatic hydroxyl groups is 1. The highest BCUT2D eigenvalue weighted by molar-refractivity contribution is 6.15. The van der Waals surface area contributed by atoms with Crippen molar-refractivity contribution in [1.29, 1.82) is 0 Å². The largest absolute Gasteiger partial charge is 0.506 e. The summed E-state index contributed by atoms with van der Waals surface area (Å²) >= 11 is 0. The van der Waals surface area contributed by atoms with Gasteiger partial charge in [0.1, 0.15) is 22.7 Å². The van der Waals surface area contributed by atoms with Gasteiger partial charge in [0.05, 0.1) is 10.9 Å². The van der Waals surface area contributed by atoms with E-state index < -0.39 is 17.0 Å². The third kappa shape index (κ3) is 3.75. The molecule has 3 aromatic rings. The molecular formula is C25H24O6. The molecule has 0 bridgehead atoms. The number of carbonyl (C=O) groups excluding carboxylic acids is 1. The van der Waals surface area contributed by atoms with E-state index in [1.54, 1.807) is 19.1 Å². The van der Waals surface area contributed by atoms with E-state index in [1.807, 2.05) is 44.2 Å². The van der Waals surface area contributed by atoms with Gasteiger partial charge in [0.2, 0.25) is 0 Å². The first-order valence-corrected chi connectivity index (χ1v) is 10.2. The van der Waals surface area contributed by atoms with E-state index >= 15 is 0 Å². The lowest BCUT2D eigenvalue weighted by Crippen LogP contribution is -2.28. The number of Topliss-reactive ketones (excluding diaryl/α,β-unsaturated/α-hetero) is 1. The minimum atomic E-state index is -0.659. The van der Waals surface area contributed by atoms with Crippen molar-refractivity contribution in [3.8, 4) is 22.6 Å². The average Bonchev–Trinajstić information content (AvgIpc) is 2.72. The second-order valence-electron chi connectivity index (χ2n) is 8.47. The lowest BCUT2D eigenvalue weighted by Gasteiger charge is -2.30. The Morgan fingerprint density at radius 1 is 1.19 bits per heavy atom. The second-order valence-corrected chi connectivity index (χ2v) is 8.47. The minimum absolute atomic E-state index is 0.00666. The lowest BCUT2D eigenvalue weighted by atomic mass is 9.90. The molecule has 1 aromatic heterocycles. The van der Waals surface area contributed by atoms with Gasteiger partial charge in [-0.3, -0.25) is 4.79 Å². The number of hydrogen-bond donors (Lipinski definition) is 2. The van der Waals surface area contributed by atoms with Crippen LogP contribution in [0.4, 0.5) is 0 Å². The Bertz CT molecular complexity index is 1250. The first-order valence-electron chi connectivity index (χ1n) is 10.2. The van der Waals surface area contributed by atoms with Gasteiger partial charge in [-0.25, -0.2) is 4.79 Å². The third-order valence-corrected chi connectivity index (χ3v) is 5.38. The average molecular weight is 420 g/mol. The molecule has 1 aliphatic rings. The van der Waals surface area contributed by atoms with Crippen molar-refractivity contribution < 1.29 is 24.2 Å². The normalized spacial score (nSPS) is 15.4. The Labute approximate surface area is 179 Å². The van der Waals surface area contributed by atoms with Gasteiger partial charge in [-0.2, -0.15) is 0 Å². The molecule has 0 unspecified atom stereocenters. The molecule has 6 heteroatoms. The number of ether oxygens (including phenoxy) is 1. The summed E-state index contributed by atoms with van der Waals surface area (Å²) in [7, 11) is 0. The van der Waals surface area contributed by atoms with E-state index in [9.17, 15) is 19.8 Å². The van der Waals surface area contributed by atoms with E-state index in [0.29, 0.717) is 22.3 Å². The molecular weight excluding hydrogens is 396 g/mol. The van der Waals surface area contributed by atoms with Crippen LogP contribution in [0.15, 0.2) is 51.7 Å². The molecule has 160 valence electrons. The fourth-order valence-electron chi connectivity index (χ4n) is 3.81. The van der Waals surface area contributed by atoms with Crippen molar-refractivity contribution in [3.63, 3.8) is 0 Å². The zero-order valence-corrected chi connectivity index (χ0v) is 17.6. The topological polar surface area (TPSA) is 97.0 Å². The number of aliphatic hydroxyl groups is 1. The Kier molecular flexibility index (Phi) is 5.19. The summed E-state index contributed by atoms with van der Waals surface area (Å²) in [5, 5.41) is 20.9. The summed E-state index contributed by atoms with van der Waals surface area (Å²) in [5.41, 5.74) is 0.289. The molecule has 6 nitrogen and oxygen atoms in total. The van der Waals surface area contributed by atoms with E-state index in [1.165, 1.54) is 6.07 Å². The summed E-state index contributed by atoms with van der Waals surface area (Å²) in [6, 6.07) is 10.6. The molecule has 2 N–H and O–H groups in total. The van der Waals surface area contributed by atoms with E-state index in [-0.39, 0.29) is 35.8 Å². The maximum absolute atomic E-state index is 13.1. The molecule has 0 aliphatic carbocycles. The molecule has 4 rings (SSSR count). The highest BCUT2D eigenvalue weighted by Gasteiger charge is 2.32. The summed E-state index contributed by atoms with van der Waals surface area (Å²) < 4.78 is 11.7. The molecule has 1 aliphatic heterocycles. The summed E-state index contributed by atoms with van der Waals surface area (Å²) in [6.07, 6.45) is 3.51. The molecule has 0 amide bonds. The number of benzene rings is 2. The molecule has 2 heterocycles. The number of fused-ring (bicyclic) bond motifs is 3. The highest BCUT2D eigenvalue weighted by Crippen LogP contribution is 2.48. The zero-order valence-electron chi connectivity index (χ0n) is 17.6. The van der Waals surface area contributed by atoms with Crippen LogP contribution in [0.2, 0.25) is 0 Å². The van der Waals surface area contributed by atoms with Gasteiger partial charge in [-0.1, -0.05) is 37.3 Å². The summed E-state index contributed by atoms with van der Waals surface area (Å²) in [5.74, 6) is -0.668. The Morgan fingerprint density at radius 2 is 1.90 bits per heavy atom. The molecule has 0 radical (unpaired) electrons. The van der Waals surface area contributed by atoms with Gasteiger partial charge < -0.3 is 19.4 Å². The minimum Gasteiger partial charge on any atom is -0.506 e. The van der Waals surface area contributed by atoms with Crippen LogP contribution in [0, 0.1) is 5.92 Å². The van der Waals surface area contributed by atoms with Crippen LogP contribution in [0.1, 0.15) is 43.1 Å². The first kappa shape index (κ1) is 20.9. The molecule has 0 saturated carbocycles. The smallest absolute Gasteiger partial charge is 0.336 e. The standard InChI is InChI=1S/C25H24O6/c1-14(13-26)11-18(27)21-22(29)16-9-10-25(2,3)31-23(16)20-17(12-19(28)30-24(20)21)15-7-5-4-6-8-15/h4-10,12,14,26,29H,11,13H2,1-3H3/t14-/m0/s1. The third-order valence-electron chi connectivity index (χ3n) is 5.38. The first-order chi connectivity index (χ1) is 14.7. The van der Waals surface area contributed by atoms with Crippen LogP contribution in [0.3, 0.4) is 0 Å². The fraction of sp³-hybridized carbons (Fsp3) is 0.280. The SMILES string of the molecule is C[C@H](CO)CC(=O)c1c(O)c2c(c3c(-c4ccccc4)cc(=O)oc13)OC(C)(C)C=C2. The van der Waals surface area contributed by atoms with Crippen molar-refractivity contribution in [1.82, 2.24) is 0 Å². The van der Waals surface area contributed by atoms with Crippen LogP contribution in [-0.2, 0) is 0 Å². The Balaban J connectivity index is 2.13. The monoisotopic (exact) mass is 420 g/mol. The zero-order chi connectivity index (χ0) is 22.3. The van der Waals surface area contributed by atoms with Crippen LogP contribution < -0.4 is 10.4 Å². The molecule has 0 spiro atoms. The molecule has 1 atom stereocenters. The number of phenols is 1. The Morgan fingerprint density at radius 3 is 2.58 bits per heavy atom. The predicted octanol–water partition coefficient (Wildman–Crippen LogP) is 4.55. The fourth-order valence-corrected chi connectivity index (χ4v) is 3.81. The molecule has 0 fully saturated rings. The number of phenolic OH excluding ortho intramolecular Hbond substituents is 1. The van der Waals surface area contributed by atoms with Crippen LogP contribution in [0.25, 0.3) is 28.2 Å². The van der Waals surface area contributed by atoms with Crippen LogP contribution in [-0.4, -0.2) is 28.2 Å². The van der Waals surface area contributed by atoms with Gasteiger partial charge in [-0.05, 0) is 37.5 Å². The number of aliphatic hydroxyl groups excluding tert-OH is 1. The van der Waals surface area contributed by atoms with E-state index in [4.69, 9.17) is 9.15 Å². The number of carbonyl (C=O) groups is 1. The van der Waals surface area contributed by atoms with Crippen molar-refractivity contribution in [2.75, 3.05) is 6.61 Å². The number of ketones is 1. The number of rotatable bonds is 5. The molecule has 2 aromatic carbocycles. The summed E-state index contributed by atoms with van der Waals surface area (Å²) in [6.45, 7) is 5.30. The Hall–Kier alpha value is -3.38. The maximum atomic E-state index is 13.1. The maximum Gasteiger partial charge on any atom is 0.336 e. The highest BCUT2D eigenvalue weighted by atomic mass is 16.5. The molecule has 0 saturated heterocycles. The van der Waals surface area contributed by atoms with E-state index in [0.717, 1.165) is 5.56 Å². The van der Waals surface area contributed by atoms with Gasteiger partial charge in [0.15, 0.2) is 11.4 Å². The van der Waals surface area contributed by atoms with Gasteiger partial charge in [0.25, 0.3) is 0 Å². The van der Waals surface area contributed by atoms with Crippen molar-refractivity contribution in [2.45, 2.75) is 32.8 Å². The van der Waals surface area contributed by atoms with Gasteiger partial charge >= 0.3 is 5.63 Å². The van der Waals surface area contributed by atoms with Crippen molar-refractivity contribution in [2.24, 2.45) is 5.92 Å². The van der Waals surface area contributed by atoms with Crippen molar-refractivity contribution >= 4 is 22.8 Å². The quantitative estimate of drug-likeness (QED) is 0.464. The van der Waals surface area contributed by atoms with Gasteiger partial charge in [0, 0.05) is 24.7 Å². The van der Waals surface area contributed by atoms with Gasteiger partial charge in [-0.15, -0.1) is 0 Å². The van der Waals surface area contributed by atoms with Crippen molar-refractivity contribution in [3.05, 3.63) is 64.0 Å².